The van der Waals surface area contributed by atoms with Crippen molar-refractivity contribution >= 4 is 18.0 Å². The summed E-state index contributed by atoms with van der Waals surface area (Å²) in [6.45, 7) is 1.90. The Hall–Kier alpha value is -0.830. The molecule has 0 aromatic carbocycles. The van der Waals surface area contributed by atoms with Crippen LogP contribution in [0.3, 0.4) is 0 Å². The second-order valence-corrected chi connectivity index (χ2v) is 5.64. The number of carbonyl (C=O) groups is 1. The Bertz CT molecular complexity index is 372. The van der Waals surface area contributed by atoms with Crippen molar-refractivity contribution in [3.63, 3.8) is 0 Å². The minimum Gasteiger partial charge on any atom is -0.298 e. The third-order valence-electron chi connectivity index (χ3n) is 3.07. The molecule has 0 spiro atoms. The molecule has 0 unspecified atom stereocenters. The molecule has 0 atom stereocenters. The van der Waals surface area contributed by atoms with E-state index in [1.165, 1.54) is 32.1 Å². The van der Waals surface area contributed by atoms with E-state index in [4.69, 9.17) is 0 Å². The van der Waals surface area contributed by atoms with Crippen molar-refractivity contribution in [2.24, 2.45) is 0 Å². The predicted molar refractivity (Wildman–Crippen MR) is 67.1 cm³/mol. The van der Waals surface area contributed by atoms with E-state index in [9.17, 15) is 4.79 Å². The van der Waals surface area contributed by atoms with Gasteiger partial charge >= 0.3 is 0 Å². The average Bonchev–Trinajstić information content (AvgIpc) is 2.31. The highest BCUT2D eigenvalue weighted by atomic mass is 32.2. The quantitative estimate of drug-likeness (QED) is 0.749. The molecule has 1 aliphatic carbocycles. The zero-order valence-corrected chi connectivity index (χ0v) is 10.4. The van der Waals surface area contributed by atoms with Crippen molar-refractivity contribution in [1.29, 1.82) is 0 Å². The molecule has 0 radical (unpaired) electrons. The Morgan fingerprint density at radius 3 is 2.69 bits per heavy atom. The van der Waals surface area contributed by atoms with Crippen LogP contribution in [0.5, 0.6) is 0 Å². The number of hydrogen-bond donors (Lipinski definition) is 0. The Morgan fingerprint density at radius 2 is 2.06 bits per heavy atom. The van der Waals surface area contributed by atoms with Crippen LogP contribution in [-0.4, -0.2) is 16.5 Å². The lowest BCUT2D eigenvalue weighted by Crippen LogP contribution is -2.08. The summed E-state index contributed by atoms with van der Waals surface area (Å²) < 4.78 is 0. The van der Waals surface area contributed by atoms with Gasteiger partial charge in [-0.1, -0.05) is 19.3 Å². The first-order valence-corrected chi connectivity index (χ1v) is 6.77. The van der Waals surface area contributed by atoms with Crippen LogP contribution in [0.1, 0.15) is 48.2 Å². The largest absolute Gasteiger partial charge is 0.298 e. The Balaban J connectivity index is 2.03. The Kier molecular flexibility index (Phi) is 3.99. The van der Waals surface area contributed by atoms with Crippen LogP contribution in [0.4, 0.5) is 0 Å². The van der Waals surface area contributed by atoms with Crippen LogP contribution in [0.25, 0.3) is 0 Å². The van der Waals surface area contributed by atoms with Gasteiger partial charge in [0.2, 0.25) is 0 Å². The van der Waals surface area contributed by atoms with Gasteiger partial charge in [-0.25, -0.2) is 4.98 Å². The number of carbonyl (C=O) groups excluding carboxylic acids is 1. The first kappa shape index (κ1) is 11.6. The molecule has 1 aromatic heterocycles. The highest BCUT2D eigenvalue weighted by Crippen LogP contribution is 2.32. The third kappa shape index (κ3) is 2.85. The summed E-state index contributed by atoms with van der Waals surface area (Å²) in [5.74, 6) is 0. The first-order valence-electron chi connectivity index (χ1n) is 5.89. The predicted octanol–water partition coefficient (Wildman–Crippen LogP) is 3.63. The van der Waals surface area contributed by atoms with Gasteiger partial charge in [-0.2, -0.15) is 0 Å². The molecule has 0 amide bonds. The minimum absolute atomic E-state index is 0.702. The molecular weight excluding hydrogens is 218 g/mol. The fourth-order valence-electron chi connectivity index (χ4n) is 2.09. The van der Waals surface area contributed by atoms with Gasteiger partial charge in [0.1, 0.15) is 0 Å². The summed E-state index contributed by atoms with van der Waals surface area (Å²) in [4.78, 5) is 15.2. The van der Waals surface area contributed by atoms with E-state index in [1.54, 1.807) is 0 Å². The summed E-state index contributed by atoms with van der Waals surface area (Å²) in [6, 6.07) is 3.84. The molecule has 2 nitrogen and oxygen atoms in total. The number of aryl methyl sites for hydroxylation is 1. The summed E-state index contributed by atoms with van der Waals surface area (Å²) in [5.41, 5.74) is 1.55. The maximum Gasteiger partial charge on any atom is 0.151 e. The highest BCUT2D eigenvalue weighted by molar-refractivity contribution is 7.99. The van der Waals surface area contributed by atoms with Gasteiger partial charge < -0.3 is 0 Å². The van der Waals surface area contributed by atoms with Gasteiger partial charge in [-0.3, -0.25) is 4.79 Å². The van der Waals surface area contributed by atoms with Gasteiger partial charge in [0.25, 0.3) is 0 Å². The molecule has 0 saturated heterocycles. The fraction of sp³-hybridized carbons (Fsp3) is 0.538. The standard InChI is InChI=1S/C13H17NOS/c1-10-11(9-15)7-8-13(14-10)16-12-5-3-2-4-6-12/h7-9,12H,2-6H2,1H3. The second-order valence-electron chi connectivity index (χ2n) is 4.32. The Labute approximate surface area is 101 Å². The van der Waals surface area contributed by atoms with E-state index in [0.717, 1.165) is 22.3 Å². The molecule has 86 valence electrons. The molecule has 0 bridgehead atoms. The number of nitrogens with zero attached hydrogens (tertiary/aromatic N) is 1. The number of pyridine rings is 1. The molecule has 2 rings (SSSR count). The van der Waals surface area contributed by atoms with Crippen LogP contribution >= 0.6 is 11.8 Å². The van der Waals surface area contributed by atoms with Crippen LogP contribution in [0, 0.1) is 6.92 Å². The molecule has 16 heavy (non-hydrogen) atoms. The van der Waals surface area contributed by atoms with Crippen LogP contribution in [-0.2, 0) is 0 Å². The molecular formula is C13H17NOS. The van der Waals surface area contributed by atoms with Gasteiger partial charge in [0.15, 0.2) is 6.29 Å². The number of aldehydes is 1. The number of thioether (sulfide) groups is 1. The zero-order valence-electron chi connectivity index (χ0n) is 9.61. The smallest absolute Gasteiger partial charge is 0.151 e. The van der Waals surface area contributed by atoms with E-state index >= 15 is 0 Å². The lowest BCUT2D eigenvalue weighted by molar-refractivity contribution is 0.112. The molecule has 1 aliphatic rings. The molecule has 3 heteroatoms. The van der Waals surface area contributed by atoms with E-state index in [1.807, 2.05) is 30.8 Å². The highest BCUT2D eigenvalue weighted by Gasteiger charge is 2.15. The summed E-state index contributed by atoms with van der Waals surface area (Å²) in [5, 5.41) is 1.79. The molecule has 1 saturated carbocycles. The maximum absolute atomic E-state index is 10.7. The molecule has 0 N–H and O–H groups in total. The first-order chi connectivity index (χ1) is 7.79. The van der Waals surface area contributed by atoms with Crippen LogP contribution in [0.15, 0.2) is 17.2 Å². The van der Waals surface area contributed by atoms with Crippen molar-refractivity contribution in [3.05, 3.63) is 23.4 Å². The SMILES string of the molecule is Cc1nc(SC2CCCCC2)ccc1C=O. The van der Waals surface area contributed by atoms with Crippen molar-refractivity contribution in [2.45, 2.75) is 49.3 Å². The monoisotopic (exact) mass is 235 g/mol. The third-order valence-corrected chi connectivity index (χ3v) is 4.34. The molecule has 1 heterocycles. The average molecular weight is 235 g/mol. The second kappa shape index (κ2) is 5.48. The molecule has 0 aliphatic heterocycles. The number of rotatable bonds is 3. The van der Waals surface area contributed by atoms with E-state index in [0.29, 0.717) is 5.56 Å². The topological polar surface area (TPSA) is 30.0 Å². The zero-order chi connectivity index (χ0) is 11.4. The van der Waals surface area contributed by atoms with Crippen molar-refractivity contribution in [3.8, 4) is 0 Å². The molecule has 1 fully saturated rings. The Morgan fingerprint density at radius 1 is 1.31 bits per heavy atom. The van der Waals surface area contributed by atoms with Gasteiger partial charge in [0, 0.05) is 16.5 Å². The van der Waals surface area contributed by atoms with Crippen molar-refractivity contribution in [1.82, 2.24) is 4.98 Å². The van der Waals surface area contributed by atoms with E-state index in [2.05, 4.69) is 4.98 Å². The lowest BCUT2D eigenvalue weighted by Gasteiger charge is -2.20. The van der Waals surface area contributed by atoms with Crippen LogP contribution in [0.2, 0.25) is 0 Å². The summed E-state index contributed by atoms with van der Waals surface area (Å²) in [6.07, 6.45) is 7.57. The maximum atomic E-state index is 10.7. The van der Waals surface area contributed by atoms with Gasteiger partial charge in [-0.15, -0.1) is 11.8 Å². The summed E-state index contributed by atoms with van der Waals surface area (Å²) >= 11 is 1.87. The fourth-order valence-corrected chi connectivity index (χ4v) is 3.34. The van der Waals surface area contributed by atoms with E-state index in [-0.39, 0.29) is 0 Å². The lowest BCUT2D eigenvalue weighted by atomic mass is 10.0. The van der Waals surface area contributed by atoms with E-state index < -0.39 is 0 Å². The summed E-state index contributed by atoms with van der Waals surface area (Å²) in [7, 11) is 0. The van der Waals surface area contributed by atoms with Crippen molar-refractivity contribution in [2.75, 3.05) is 0 Å². The molecule has 1 aromatic rings. The minimum atomic E-state index is 0.702. The van der Waals surface area contributed by atoms with Crippen molar-refractivity contribution < 1.29 is 4.79 Å². The number of aromatic nitrogens is 1. The normalized spacial score (nSPS) is 17.3. The van der Waals surface area contributed by atoms with Gasteiger partial charge in [0.05, 0.1) is 5.03 Å². The van der Waals surface area contributed by atoms with Crippen LogP contribution < -0.4 is 0 Å². The number of hydrogen-bond acceptors (Lipinski definition) is 3. The van der Waals surface area contributed by atoms with Gasteiger partial charge in [-0.05, 0) is 31.9 Å².